The number of nitrogen functional groups attached to an aromatic ring is 1. The highest BCUT2D eigenvalue weighted by molar-refractivity contribution is 7.16. The molecule has 38 heavy (non-hydrogen) atoms. The first-order valence-corrected chi connectivity index (χ1v) is 11.9. The van der Waals surface area contributed by atoms with Crippen molar-refractivity contribution in [3.8, 4) is 0 Å². The van der Waals surface area contributed by atoms with Crippen molar-refractivity contribution in [2.75, 3.05) is 5.73 Å². The largest absolute Gasteiger partial charge is 0.479 e. The Balaban J connectivity index is 1.62. The SMILES string of the molecule is Nc1nc2c(sc(=O)n2[C@@H]2O[C@H](C(=O)O)[C@@H](OC(=O)c3ccccc3)[C@H]2OC(=O)c2ccccc2)c(=O)[nH]1. The van der Waals surface area contributed by atoms with Gasteiger partial charge in [0.1, 0.15) is 4.70 Å². The van der Waals surface area contributed by atoms with Crippen LogP contribution in [0.3, 0.4) is 0 Å². The summed E-state index contributed by atoms with van der Waals surface area (Å²) >= 11 is 0.510. The van der Waals surface area contributed by atoms with Crippen molar-refractivity contribution in [2.45, 2.75) is 24.5 Å². The fourth-order valence-electron chi connectivity index (χ4n) is 4.00. The van der Waals surface area contributed by atoms with E-state index in [0.717, 1.165) is 4.57 Å². The van der Waals surface area contributed by atoms with Crippen LogP contribution in [0, 0.1) is 0 Å². The molecule has 2 aromatic heterocycles. The number of thiazole rings is 1. The van der Waals surface area contributed by atoms with Crippen LogP contribution >= 0.6 is 11.3 Å². The molecule has 1 fully saturated rings. The molecule has 13 nitrogen and oxygen atoms in total. The number of aromatic amines is 1. The summed E-state index contributed by atoms with van der Waals surface area (Å²) in [5, 5.41) is 9.89. The topological polar surface area (TPSA) is 193 Å². The quantitative estimate of drug-likeness (QED) is 0.298. The van der Waals surface area contributed by atoms with Gasteiger partial charge < -0.3 is 25.1 Å². The molecule has 4 N–H and O–H groups in total. The van der Waals surface area contributed by atoms with Gasteiger partial charge in [0.2, 0.25) is 5.95 Å². The van der Waals surface area contributed by atoms with Gasteiger partial charge >= 0.3 is 22.8 Å². The van der Waals surface area contributed by atoms with E-state index in [4.69, 9.17) is 19.9 Å². The Labute approximate surface area is 216 Å². The molecule has 1 aliphatic heterocycles. The molecule has 0 unspecified atom stereocenters. The van der Waals surface area contributed by atoms with E-state index in [-0.39, 0.29) is 27.4 Å². The minimum absolute atomic E-state index is 0.104. The molecule has 194 valence electrons. The first kappa shape index (κ1) is 24.9. The zero-order valence-corrected chi connectivity index (χ0v) is 20.0. The second kappa shape index (κ2) is 9.91. The van der Waals surface area contributed by atoms with Crippen molar-refractivity contribution in [2.24, 2.45) is 0 Å². The summed E-state index contributed by atoms with van der Waals surface area (Å²) in [6, 6.07) is 15.5. The number of carbonyl (C=O) groups excluding carboxylic acids is 2. The first-order chi connectivity index (χ1) is 18.2. The van der Waals surface area contributed by atoms with E-state index < -0.39 is 52.9 Å². The molecule has 0 spiro atoms. The summed E-state index contributed by atoms with van der Waals surface area (Å²) in [7, 11) is 0. The number of esters is 2. The molecule has 0 radical (unpaired) electrons. The van der Waals surface area contributed by atoms with Crippen LogP contribution in [0.1, 0.15) is 26.9 Å². The van der Waals surface area contributed by atoms with Gasteiger partial charge in [-0.25, -0.2) is 14.4 Å². The van der Waals surface area contributed by atoms with Gasteiger partial charge in [-0.1, -0.05) is 47.7 Å². The molecule has 1 saturated heterocycles. The van der Waals surface area contributed by atoms with Crippen LogP contribution in [-0.2, 0) is 19.0 Å². The average Bonchev–Trinajstić information content (AvgIpc) is 3.41. The van der Waals surface area contributed by atoms with Crippen molar-refractivity contribution >= 4 is 45.5 Å². The standard InChI is InChI=1S/C24H18N4O9S/c25-23-26-17-16(18(29)27-23)38-24(34)28(17)19-14(37-22(33)12-9-5-2-6-10-12)13(15(35-19)20(30)31)36-21(32)11-7-3-1-4-8-11/h1-10,13-15,19H,(H,30,31)(H3,25,26,27,29)/t13-,14+,15-,19+/m0/s1. The van der Waals surface area contributed by atoms with Crippen molar-refractivity contribution in [1.29, 1.82) is 0 Å². The number of hydrogen-bond acceptors (Lipinski definition) is 11. The van der Waals surface area contributed by atoms with Gasteiger partial charge in [0.15, 0.2) is 30.2 Å². The van der Waals surface area contributed by atoms with Crippen LogP contribution in [0.2, 0.25) is 0 Å². The highest BCUT2D eigenvalue weighted by Crippen LogP contribution is 2.36. The molecule has 14 heteroatoms. The van der Waals surface area contributed by atoms with E-state index in [1.165, 1.54) is 24.3 Å². The molecule has 4 atom stereocenters. The predicted octanol–water partition coefficient (Wildman–Crippen LogP) is 1.16. The third-order valence-corrected chi connectivity index (χ3v) is 6.63. The molecule has 0 amide bonds. The molecule has 2 aromatic carbocycles. The first-order valence-electron chi connectivity index (χ1n) is 11.1. The Morgan fingerprint density at radius 2 is 1.50 bits per heavy atom. The van der Waals surface area contributed by atoms with Crippen molar-refractivity contribution < 1.29 is 33.7 Å². The molecule has 3 heterocycles. The lowest BCUT2D eigenvalue weighted by molar-refractivity contribution is -0.155. The van der Waals surface area contributed by atoms with Crippen LogP contribution in [-0.4, -0.2) is 55.9 Å². The number of carboxylic acids is 1. The van der Waals surface area contributed by atoms with Gasteiger partial charge in [0.25, 0.3) is 5.56 Å². The van der Waals surface area contributed by atoms with Crippen molar-refractivity contribution in [3.05, 3.63) is 91.8 Å². The Morgan fingerprint density at radius 1 is 0.947 bits per heavy atom. The molecule has 0 saturated carbocycles. The zero-order valence-electron chi connectivity index (χ0n) is 19.2. The van der Waals surface area contributed by atoms with Gasteiger partial charge in [-0.3, -0.25) is 19.1 Å². The number of ether oxygens (including phenoxy) is 3. The minimum atomic E-state index is -1.84. The van der Waals surface area contributed by atoms with Crippen LogP contribution in [0.25, 0.3) is 10.3 Å². The summed E-state index contributed by atoms with van der Waals surface area (Å²) in [5.41, 5.74) is 4.95. The maximum atomic E-state index is 13.0. The minimum Gasteiger partial charge on any atom is -0.479 e. The molecular formula is C24H18N4O9S. The third kappa shape index (κ3) is 4.53. The van der Waals surface area contributed by atoms with Crippen molar-refractivity contribution in [3.63, 3.8) is 0 Å². The van der Waals surface area contributed by atoms with Gasteiger partial charge in [-0.2, -0.15) is 4.98 Å². The van der Waals surface area contributed by atoms with E-state index in [1.54, 1.807) is 36.4 Å². The normalized spacial score (nSPS) is 20.7. The number of hydrogen-bond donors (Lipinski definition) is 3. The number of benzene rings is 2. The second-order valence-corrected chi connectivity index (χ2v) is 9.06. The number of carbonyl (C=O) groups is 3. The van der Waals surface area contributed by atoms with Gasteiger partial charge in [-0.15, -0.1) is 0 Å². The average molecular weight is 538 g/mol. The molecule has 0 bridgehead atoms. The molecule has 1 aliphatic rings. The highest BCUT2D eigenvalue weighted by Gasteiger charge is 2.55. The number of fused-ring (bicyclic) bond motifs is 1. The fraction of sp³-hybridized carbons (Fsp3) is 0.167. The molecule has 5 rings (SSSR count). The predicted molar refractivity (Wildman–Crippen MR) is 132 cm³/mol. The highest BCUT2D eigenvalue weighted by atomic mass is 32.1. The Hall–Kier alpha value is -4.82. The number of carboxylic acid groups (broad SMARTS) is 1. The molecule has 4 aromatic rings. The van der Waals surface area contributed by atoms with Gasteiger partial charge in [-0.05, 0) is 24.3 Å². The third-order valence-electron chi connectivity index (χ3n) is 5.68. The maximum Gasteiger partial charge on any atom is 0.338 e. The summed E-state index contributed by atoms with van der Waals surface area (Å²) in [4.78, 5) is 68.9. The number of anilines is 1. The summed E-state index contributed by atoms with van der Waals surface area (Å²) < 4.78 is 17.5. The van der Waals surface area contributed by atoms with Crippen LogP contribution in [0.15, 0.2) is 70.3 Å². The summed E-state index contributed by atoms with van der Waals surface area (Å²) in [6.45, 7) is 0. The number of rotatable bonds is 6. The van der Waals surface area contributed by atoms with E-state index >= 15 is 0 Å². The Morgan fingerprint density at radius 3 is 2.05 bits per heavy atom. The smallest absolute Gasteiger partial charge is 0.338 e. The van der Waals surface area contributed by atoms with Crippen LogP contribution in [0.4, 0.5) is 5.95 Å². The van der Waals surface area contributed by atoms with Crippen molar-refractivity contribution in [1.82, 2.24) is 14.5 Å². The van der Waals surface area contributed by atoms with Gasteiger partial charge in [0, 0.05) is 0 Å². The Kier molecular flexibility index (Phi) is 6.48. The molecular weight excluding hydrogens is 520 g/mol. The maximum absolute atomic E-state index is 13.0. The number of nitrogens with two attached hydrogens (primary N) is 1. The zero-order chi connectivity index (χ0) is 27.0. The lowest BCUT2D eigenvalue weighted by atomic mass is 10.1. The number of aromatic nitrogens is 3. The fourth-order valence-corrected chi connectivity index (χ4v) is 4.84. The second-order valence-electron chi connectivity index (χ2n) is 8.10. The van der Waals surface area contributed by atoms with E-state index in [0.29, 0.717) is 11.3 Å². The van der Waals surface area contributed by atoms with Crippen LogP contribution < -0.4 is 16.2 Å². The van der Waals surface area contributed by atoms with E-state index in [9.17, 15) is 29.1 Å². The summed E-state index contributed by atoms with van der Waals surface area (Å²) in [6.07, 6.45) is -6.79. The number of H-pyrrole nitrogens is 1. The van der Waals surface area contributed by atoms with Crippen LogP contribution in [0.5, 0.6) is 0 Å². The van der Waals surface area contributed by atoms with E-state index in [1.807, 2.05) is 0 Å². The van der Waals surface area contributed by atoms with Gasteiger partial charge in [0.05, 0.1) is 11.1 Å². The monoisotopic (exact) mass is 538 g/mol. The summed E-state index contributed by atoms with van der Waals surface area (Å²) in [5.74, 6) is -3.66. The lowest BCUT2D eigenvalue weighted by Crippen LogP contribution is -2.42. The number of nitrogens with one attached hydrogen (secondary N) is 1. The molecule has 0 aliphatic carbocycles. The lowest BCUT2D eigenvalue weighted by Gasteiger charge is -2.24. The number of nitrogens with zero attached hydrogens (tertiary/aromatic N) is 2. The Bertz CT molecular complexity index is 1650. The number of aliphatic carboxylic acids is 1. The van der Waals surface area contributed by atoms with E-state index in [2.05, 4.69) is 9.97 Å².